The van der Waals surface area contributed by atoms with Gasteiger partial charge in [-0.1, -0.05) is 37.6 Å². The number of fused-ring (bicyclic) bond motifs is 2. The molecule has 1 aliphatic heterocycles. The van der Waals surface area contributed by atoms with Gasteiger partial charge in [0.25, 0.3) is 0 Å². The molecule has 224 valence electrons. The zero-order valence-corrected chi connectivity index (χ0v) is 24.2. The summed E-state index contributed by atoms with van der Waals surface area (Å²) in [5, 5.41) is 34.8. The largest absolute Gasteiger partial charge is 0.504 e. The van der Waals surface area contributed by atoms with Gasteiger partial charge in [-0.15, -0.1) is 0 Å². The van der Waals surface area contributed by atoms with E-state index in [0.29, 0.717) is 18.6 Å². The smallest absolute Gasteiger partial charge is 0.165 e. The minimum atomic E-state index is -0.834. The summed E-state index contributed by atoms with van der Waals surface area (Å²) in [7, 11) is 0. The summed E-state index contributed by atoms with van der Waals surface area (Å²) in [6, 6.07) is 11.5. The number of phenols is 1. The summed E-state index contributed by atoms with van der Waals surface area (Å²) < 4.78 is 7.91. The number of aromatic hydroxyl groups is 1. The number of ketones is 1. The van der Waals surface area contributed by atoms with E-state index >= 15 is 0 Å². The number of benzene rings is 2. The van der Waals surface area contributed by atoms with E-state index in [4.69, 9.17) is 10.5 Å². The van der Waals surface area contributed by atoms with Crippen LogP contribution in [0.15, 0.2) is 55.0 Å². The summed E-state index contributed by atoms with van der Waals surface area (Å²) in [6.07, 6.45) is 8.74. The van der Waals surface area contributed by atoms with Crippen molar-refractivity contribution in [1.29, 1.82) is 0 Å². The SMILES string of the molecule is CCC[C@H](O)C[C@@H](O)CC(=O)CCc1ccc(O)c(OCn2cc3[nH]cc(Cc4cccc5c4CCN[C@@H]5N)c3c2)c1. The molecular formula is C33H42N4O5. The summed E-state index contributed by atoms with van der Waals surface area (Å²) in [5.41, 5.74) is 13.1. The van der Waals surface area contributed by atoms with Crippen LogP contribution in [-0.4, -0.2) is 49.4 Å². The number of phenolic OH excluding ortho intramolecular Hbond substituents is 1. The summed E-state index contributed by atoms with van der Waals surface area (Å²) in [4.78, 5) is 15.7. The van der Waals surface area contributed by atoms with Crippen molar-refractivity contribution in [3.05, 3.63) is 82.8 Å². The lowest BCUT2D eigenvalue weighted by Gasteiger charge is -2.25. The predicted molar refractivity (Wildman–Crippen MR) is 162 cm³/mol. The molecule has 0 saturated carbocycles. The molecule has 0 amide bonds. The number of Topliss-reactive ketones (excluding diaryl/α,β-unsaturated/α-hetero) is 1. The van der Waals surface area contributed by atoms with E-state index < -0.39 is 12.2 Å². The molecule has 0 unspecified atom stereocenters. The van der Waals surface area contributed by atoms with Crippen LogP contribution in [0, 0.1) is 0 Å². The van der Waals surface area contributed by atoms with E-state index in [1.165, 1.54) is 22.3 Å². The van der Waals surface area contributed by atoms with Crippen molar-refractivity contribution in [3.8, 4) is 11.5 Å². The average Bonchev–Trinajstić information content (AvgIpc) is 3.53. The van der Waals surface area contributed by atoms with Crippen molar-refractivity contribution in [2.45, 2.75) is 83.4 Å². The monoisotopic (exact) mass is 574 g/mol. The predicted octanol–water partition coefficient (Wildman–Crippen LogP) is 4.21. The van der Waals surface area contributed by atoms with Gasteiger partial charge in [-0.25, -0.2) is 0 Å². The van der Waals surface area contributed by atoms with Crippen molar-refractivity contribution in [1.82, 2.24) is 14.9 Å². The molecule has 0 bridgehead atoms. The zero-order chi connectivity index (χ0) is 29.6. The first-order valence-electron chi connectivity index (χ1n) is 14.9. The fourth-order valence-corrected chi connectivity index (χ4v) is 5.90. The number of nitrogens with one attached hydrogen (secondary N) is 2. The van der Waals surface area contributed by atoms with Crippen molar-refractivity contribution in [3.63, 3.8) is 0 Å². The number of carbonyl (C=O) groups is 1. The Bertz CT molecular complexity index is 1510. The number of hydrogen-bond acceptors (Lipinski definition) is 7. The van der Waals surface area contributed by atoms with Gasteiger partial charge < -0.3 is 35.3 Å². The second kappa shape index (κ2) is 13.6. The van der Waals surface area contributed by atoms with Gasteiger partial charge in [0.05, 0.1) is 23.9 Å². The number of rotatable bonds is 14. The number of aromatic nitrogens is 2. The highest BCUT2D eigenvalue weighted by molar-refractivity contribution is 5.83. The Morgan fingerprint density at radius 3 is 2.86 bits per heavy atom. The van der Waals surface area contributed by atoms with Crippen LogP contribution in [0.2, 0.25) is 0 Å². The van der Waals surface area contributed by atoms with Gasteiger partial charge in [0.2, 0.25) is 0 Å². The van der Waals surface area contributed by atoms with E-state index in [0.717, 1.165) is 42.3 Å². The highest BCUT2D eigenvalue weighted by Crippen LogP contribution is 2.30. The molecule has 0 fully saturated rings. The minimum Gasteiger partial charge on any atom is -0.504 e. The molecule has 0 aliphatic carbocycles. The number of aryl methyl sites for hydroxylation is 1. The Hall–Kier alpha value is -3.63. The van der Waals surface area contributed by atoms with Crippen LogP contribution in [0.4, 0.5) is 0 Å². The highest BCUT2D eigenvalue weighted by Gasteiger charge is 2.20. The number of aromatic amines is 1. The third kappa shape index (κ3) is 7.22. The molecule has 1 aliphatic rings. The molecule has 0 spiro atoms. The van der Waals surface area contributed by atoms with Gasteiger partial charge in [-0.2, -0.15) is 0 Å². The van der Waals surface area contributed by atoms with Crippen LogP contribution in [-0.2, 0) is 30.8 Å². The van der Waals surface area contributed by atoms with E-state index in [-0.39, 0.29) is 43.7 Å². The Balaban J connectivity index is 1.18. The Morgan fingerprint density at radius 2 is 2.02 bits per heavy atom. The van der Waals surface area contributed by atoms with Gasteiger partial charge in [-0.05, 0) is 72.1 Å². The van der Waals surface area contributed by atoms with E-state index in [2.05, 4.69) is 34.7 Å². The lowest BCUT2D eigenvalue weighted by Crippen LogP contribution is -2.35. The van der Waals surface area contributed by atoms with Crippen molar-refractivity contribution >= 4 is 16.7 Å². The summed E-state index contributed by atoms with van der Waals surface area (Å²) in [5.74, 6) is 0.321. The normalized spacial score (nSPS) is 16.3. The third-order valence-corrected chi connectivity index (χ3v) is 8.11. The molecule has 3 heterocycles. The molecule has 2 aromatic carbocycles. The second-order valence-corrected chi connectivity index (χ2v) is 11.4. The number of aliphatic hydroxyl groups is 2. The van der Waals surface area contributed by atoms with Gasteiger partial charge in [0.1, 0.15) is 5.78 Å². The summed E-state index contributed by atoms with van der Waals surface area (Å²) >= 11 is 0. The number of nitrogens with zero attached hydrogens (tertiary/aromatic N) is 1. The minimum absolute atomic E-state index is 0.0302. The maximum Gasteiger partial charge on any atom is 0.165 e. The van der Waals surface area contributed by atoms with Crippen LogP contribution in [0.1, 0.15) is 73.0 Å². The fourth-order valence-electron chi connectivity index (χ4n) is 5.90. The van der Waals surface area contributed by atoms with Crippen LogP contribution in [0.5, 0.6) is 11.5 Å². The lowest BCUT2D eigenvalue weighted by atomic mass is 9.90. The number of H-pyrrole nitrogens is 1. The van der Waals surface area contributed by atoms with Crippen LogP contribution >= 0.6 is 0 Å². The van der Waals surface area contributed by atoms with Gasteiger partial charge in [0.15, 0.2) is 18.2 Å². The van der Waals surface area contributed by atoms with Gasteiger partial charge >= 0.3 is 0 Å². The molecule has 9 heteroatoms. The molecule has 7 N–H and O–H groups in total. The first-order valence-corrected chi connectivity index (χ1v) is 14.9. The van der Waals surface area contributed by atoms with E-state index in [1.54, 1.807) is 18.2 Å². The topological polar surface area (TPSA) is 146 Å². The van der Waals surface area contributed by atoms with Crippen molar-refractivity contribution in [2.24, 2.45) is 5.73 Å². The molecule has 0 saturated heterocycles. The van der Waals surface area contributed by atoms with Gasteiger partial charge in [0, 0.05) is 43.4 Å². The molecular weight excluding hydrogens is 532 g/mol. The maximum atomic E-state index is 12.4. The highest BCUT2D eigenvalue weighted by atomic mass is 16.5. The number of ether oxygens (including phenoxy) is 1. The van der Waals surface area contributed by atoms with E-state index in [9.17, 15) is 20.1 Å². The third-order valence-electron chi connectivity index (χ3n) is 8.11. The zero-order valence-electron chi connectivity index (χ0n) is 24.2. The molecule has 9 nitrogen and oxygen atoms in total. The molecule has 4 aromatic rings. The number of aliphatic hydroxyl groups excluding tert-OH is 2. The molecule has 5 rings (SSSR count). The van der Waals surface area contributed by atoms with Crippen LogP contribution in [0.3, 0.4) is 0 Å². The molecule has 3 atom stereocenters. The molecule has 0 radical (unpaired) electrons. The van der Waals surface area contributed by atoms with Crippen molar-refractivity contribution in [2.75, 3.05) is 6.54 Å². The first-order chi connectivity index (χ1) is 20.3. The van der Waals surface area contributed by atoms with Crippen molar-refractivity contribution < 1.29 is 24.9 Å². The second-order valence-electron chi connectivity index (χ2n) is 11.4. The summed E-state index contributed by atoms with van der Waals surface area (Å²) in [6.45, 7) is 3.06. The Kier molecular flexibility index (Phi) is 9.64. The maximum absolute atomic E-state index is 12.4. The Morgan fingerprint density at radius 1 is 1.17 bits per heavy atom. The van der Waals surface area contributed by atoms with E-state index in [1.807, 2.05) is 23.9 Å². The average molecular weight is 575 g/mol. The Labute approximate surface area is 246 Å². The molecule has 42 heavy (non-hydrogen) atoms. The van der Waals surface area contributed by atoms with Crippen LogP contribution < -0.4 is 15.8 Å². The molecule has 2 aromatic heterocycles. The fraction of sp³-hybridized carbons (Fsp3) is 0.424. The number of carbonyl (C=O) groups excluding carboxylic acids is 1. The number of nitrogens with two attached hydrogens (primary N) is 1. The quantitative estimate of drug-likeness (QED) is 0.132. The standard InChI is InChI=1S/C33H42N4O5/c1-2-4-24(38)15-26(40)16-25(39)9-7-21-8-10-31(41)32(13-21)42-20-37-18-29-23(17-36-30(29)19-37)14-22-5-3-6-28-27(22)11-12-35-33(28)34/h3,5-6,8,10,13,17-19,24,26,33,35-36,38,40-41H,2,4,7,9,11-12,14-16,20,34H2,1H3/t24-,26+,33-/m0/s1. The number of hydrogen-bond donors (Lipinski definition) is 6. The van der Waals surface area contributed by atoms with Gasteiger partial charge in [-0.3, -0.25) is 10.1 Å². The van der Waals surface area contributed by atoms with Crippen LogP contribution in [0.25, 0.3) is 10.9 Å². The first kappa shape index (κ1) is 29.8. The lowest BCUT2D eigenvalue weighted by molar-refractivity contribution is -0.121.